The molecular formula is C14H22F2N2. The summed E-state index contributed by atoms with van der Waals surface area (Å²) in [6.45, 7) is 8.64. The van der Waals surface area contributed by atoms with Gasteiger partial charge in [-0.1, -0.05) is 12.7 Å². The van der Waals surface area contributed by atoms with Gasteiger partial charge in [0.25, 0.3) is 6.43 Å². The van der Waals surface area contributed by atoms with Crippen molar-refractivity contribution in [3.8, 4) is 0 Å². The molecule has 0 aromatic heterocycles. The Morgan fingerprint density at radius 1 is 1.33 bits per heavy atom. The van der Waals surface area contributed by atoms with Crippen LogP contribution < -0.4 is 0 Å². The fraction of sp³-hybridized carbons (Fsp3) is 0.571. The van der Waals surface area contributed by atoms with Gasteiger partial charge in [0.15, 0.2) is 0 Å². The van der Waals surface area contributed by atoms with Crippen LogP contribution in [-0.4, -0.2) is 42.4 Å². The third-order valence-corrected chi connectivity index (χ3v) is 2.91. The van der Waals surface area contributed by atoms with E-state index >= 15 is 0 Å². The smallest absolute Gasteiger partial charge is 0.251 e. The molecule has 0 aromatic rings. The van der Waals surface area contributed by atoms with Gasteiger partial charge in [-0.15, -0.1) is 0 Å². The van der Waals surface area contributed by atoms with Crippen molar-refractivity contribution in [2.75, 3.05) is 20.1 Å². The Morgan fingerprint density at radius 2 is 2.00 bits per heavy atom. The highest BCUT2D eigenvalue weighted by molar-refractivity contribution is 5.32. The molecule has 4 heteroatoms. The Bertz CT molecular complexity index is 346. The Balaban J connectivity index is 2.50. The maximum atomic E-state index is 12.2. The second kappa shape index (κ2) is 6.69. The van der Waals surface area contributed by atoms with Crippen molar-refractivity contribution in [1.29, 1.82) is 0 Å². The maximum Gasteiger partial charge on any atom is 0.251 e. The molecule has 0 atom stereocenters. The molecule has 0 aromatic carbocycles. The molecule has 0 saturated heterocycles. The minimum Gasteiger partial charge on any atom is -0.346 e. The molecule has 0 N–H and O–H groups in total. The highest BCUT2D eigenvalue weighted by Crippen LogP contribution is 2.20. The summed E-state index contributed by atoms with van der Waals surface area (Å²) in [5.74, 6) is 0. The Labute approximate surface area is 108 Å². The number of allylic oxidation sites excluding steroid dienone is 2. The van der Waals surface area contributed by atoms with Gasteiger partial charge in [0.05, 0.1) is 6.54 Å². The molecule has 0 bridgehead atoms. The van der Waals surface area contributed by atoms with Crippen LogP contribution in [0.15, 0.2) is 36.2 Å². The van der Waals surface area contributed by atoms with Gasteiger partial charge >= 0.3 is 0 Å². The van der Waals surface area contributed by atoms with Crippen molar-refractivity contribution in [3.05, 3.63) is 36.2 Å². The molecule has 0 saturated carbocycles. The molecule has 1 rings (SSSR count). The summed E-state index contributed by atoms with van der Waals surface area (Å²) in [6.07, 6.45) is 4.55. The summed E-state index contributed by atoms with van der Waals surface area (Å²) in [6, 6.07) is 0.358. The van der Waals surface area contributed by atoms with Crippen LogP contribution in [0.3, 0.4) is 0 Å². The van der Waals surface area contributed by atoms with Gasteiger partial charge in [-0.2, -0.15) is 0 Å². The molecule has 0 spiro atoms. The van der Waals surface area contributed by atoms with Gasteiger partial charge in [-0.3, -0.25) is 0 Å². The zero-order valence-electron chi connectivity index (χ0n) is 11.4. The van der Waals surface area contributed by atoms with Gasteiger partial charge in [-0.25, -0.2) is 8.78 Å². The average Bonchev–Trinajstić information content (AvgIpc) is 2.26. The molecule has 0 amide bonds. The van der Waals surface area contributed by atoms with Gasteiger partial charge in [0.1, 0.15) is 0 Å². The molecule has 2 nitrogen and oxygen atoms in total. The summed E-state index contributed by atoms with van der Waals surface area (Å²) in [7, 11) is 1.72. The fourth-order valence-corrected chi connectivity index (χ4v) is 1.87. The normalized spacial score (nSPS) is 16.1. The van der Waals surface area contributed by atoms with Crippen molar-refractivity contribution < 1.29 is 8.78 Å². The first kappa shape index (κ1) is 14.9. The van der Waals surface area contributed by atoms with E-state index in [0.717, 1.165) is 17.7 Å². The maximum absolute atomic E-state index is 12.2. The lowest BCUT2D eigenvalue weighted by molar-refractivity contribution is 0.101. The van der Waals surface area contributed by atoms with E-state index in [4.69, 9.17) is 0 Å². The fourth-order valence-electron chi connectivity index (χ4n) is 1.87. The average molecular weight is 256 g/mol. The summed E-state index contributed by atoms with van der Waals surface area (Å²) in [5, 5.41) is 0. The Kier molecular flexibility index (Phi) is 5.54. The number of alkyl halides is 2. The first-order chi connectivity index (χ1) is 8.40. The van der Waals surface area contributed by atoms with E-state index in [1.54, 1.807) is 11.9 Å². The zero-order valence-corrected chi connectivity index (χ0v) is 11.4. The van der Waals surface area contributed by atoms with Crippen molar-refractivity contribution in [1.82, 2.24) is 9.80 Å². The predicted octanol–water partition coefficient (Wildman–Crippen LogP) is 3.25. The van der Waals surface area contributed by atoms with Crippen LogP contribution in [0.25, 0.3) is 0 Å². The minimum absolute atomic E-state index is 0.169. The van der Waals surface area contributed by atoms with Gasteiger partial charge in [-0.05, 0) is 39.0 Å². The van der Waals surface area contributed by atoms with Crippen molar-refractivity contribution >= 4 is 0 Å². The van der Waals surface area contributed by atoms with E-state index in [9.17, 15) is 8.78 Å². The van der Waals surface area contributed by atoms with Gasteiger partial charge in [0, 0.05) is 24.5 Å². The highest BCUT2D eigenvalue weighted by Gasteiger charge is 2.13. The third-order valence-electron chi connectivity index (χ3n) is 2.91. The molecule has 102 valence electrons. The lowest BCUT2D eigenvalue weighted by Crippen LogP contribution is -2.28. The van der Waals surface area contributed by atoms with Crippen LogP contribution in [0.5, 0.6) is 0 Å². The number of hydrogen-bond donors (Lipinski definition) is 0. The standard InChI is InChI=1S/C14H22F2N2/c1-11(2)18-9-13(6-5-12(18)3)7-8-17(4)10-14(15)16/h5-6,9,11,14H,3,7-8,10H2,1-2,4H3. The highest BCUT2D eigenvalue weighted by atomic mass is 19.3. The zero-order chi connectivity index (χ0) is 13.7. The predicted molar refractivity (Wildman–Crippen MR) is 71.5 cm³/mol. The molecular weight excluding hydrogens is 234 g/mol. The van der Waals surface area contributed by atoms with E-state index < -0.39 is 6.43 Å². The van der Waals surface area contributed by atoms with Crippen molar-refractivity contribution in [3.63, 3.8) is 0 Å². The summed E-state index contributed by atoms with van der Waals surface area (Å²) < 4.78 is 24.4. The largest absolute Gasteiger partial charge is 0.346 e. The first-order valence-corrected chi connectivity index (χ1v) is 6.23. The molecule has 18 heavy (non-hydrogen) atoms. The topological polar surface area (TPSA) is 6.48 Å². The molecule has 1 heterocycles. The number of hydrogen-bond acceptors (Lipinski definition) is 2. The summed E-state index contributed by atoms with van der Waals surface area (Å²) in [5.41, 5.74) is 2.12. The van der Waals surface area contributed by atoms with Crippen LogP contribution in [-0.2, 0) is 0 Å². The second-order valence-electron chi connectivity index (χ2n) is 4.93. The van der Waals surface area contributed by atoms with Crippen LogP contribution in [0.4, 0.5) is 8.78 Å². The first-order valence-electron chi connectivity index (χ1n) is 6.23. The van der Waals surface area contributed by atoms with Crippen LogP contribution in [0, 0.1) is 0 Å². The van der Waals surface area contributed by atoms with Crippen molar-refractivity contribution in [2.24, 2.45) is 0 Å². The molecule has 0 radical (unpaired) electrons. The van der Waals surface area contributed by atoms with Gasteiger partial charge < -0.3 is 9.80 Å². The van der Waals surface area contributed by atoms with E-state index in [2.05, 4.69) is 31.5 Å². The quantitative estimate of drug-likeness (QED) is 0.720. The molecule has 1 aliphatic rings. The second-order valence-corrected chi connectivity index (χ2v) is 4.93. The monoisotopic (exact) mass is 256 g/mol. The molecule has 0 fully saturated rings. The van der Waals surface area contributed by atoms with Crippen LogP contribution in [0.2, 0.25) is 0 Å². The van der Waals surface area contributed by atoms with E-state index in [0.29, 0.717) is 12.6 Å². The SMILES string of the molecule is C=C1C=CC(CCN(C)CC(F)F)=CN1C(C)C. The minimum atomic E-state index is -2.27. The Morgan fingerprint density at radius 3 is 2.56 bits per heavy atom. The number of halogens is 2. The van der Waals surface area contributed by atoms with Gasteiger partial charge in [0.2, 0.25) is 0 Å². The molecule has 0 aliphatic carbocycles. The van der Waals surface area contributed by atoms with Crippen LogP contribution in [0.1, 0.15) is 20.3 Å². The number of nitrogens with zero attached hydrogens (tertiary/aromatic N) is 2. The van der Waals surface area contributed by atoms with E-state index in [-0.39, 0.29) is 6.54 Å². The Hall–Kier alpha value is -1.16. The van der Waals surface area contributed by atoms with Crippen LogP contribution >= 0.6 is 0 Å². The van der Waals surface area contributed by atoms with E-state index in [1.165, 1.54) is 0 Å². The number of rotatable bonds is 6. The molecule has 1 aliphatic heterocycles. The third kappa shape index (κ3) is 4.61. The summed E-state index contributed by atoms with van der Waals surface area (Å²) in [4.78, 5) is 3.75. The van der Waals surface area contributed by atoms with E-state index in [1.807, 2.05) is 12.2 Å². The summed E-state index contributed by atoms with van der Waals surface area (Å²) >= 11 is 0. The lowest BCUT2D eigenvalue weighted by atomic mass is 10.1. The molecule has 0 unspecified atom stereocenters. The van der Waals surface area contributed by atoms with Crippen molar-refractivity contribution in [2.45, 2.75) is 32.7 Å². The lowest BCUT2D eigenvalue weighted by Gasteiger charge is -2.29.